The molecule has 3 unspecified atom stereocenters. The fourth-order valence-electron chi connectivity index (χ4n) is 8.38. The first-order valence-corrected chi connectivity index (χ1v) is 16.5. The Morgan fingerprint density at radius 3 is 2.24 bits per heavy atom. The lowest BCUT2D eigenvalue weighted by atomic mass is 9.47. The third-order valence-corrected chi connectivity index (χ3v) is 12.0. The van der Waals surface area contributed by atoms with E-state index in [1.807, 2.05) is 37.3 Å². The summed E-state index contributed by atoms with van der Waals surface area (Å²) >= 11 is 13.3. The van der Waals surface area contributed by atoms with E-state index in [1.165, 1.54) is 8.61 Å². The molecular weight excluding hydrogens is 583 g/mol. The van der Waals surface area contributed by atoms with E-state index in [4.69, 9.17) is 28.9 Å². The molecule has 7 rings (SSSR count). The predicted octanol–water partition coefficient (Wildman–Crippen LogP) is 4.85. The van der Waals surface area contributed by atoms with E-state index >= 15 is 0 Å². The van der Waals surface area contributed by atoms with E-state index in [1.54, 1.807) is 12.1 Å². The topological polar surface area (TPSA) is 113 Å². The summed E-state index contributed by atoms with van der Waals surface area (Å²) < 4.78 is 30.2. The van der Waals surface area contributed by atoms with Gasteiger partial charge in [0, 0.05) is 25.6 Å². The average molecular weight is 620 g/mol. The molecule has 1 heterocycles. The monoisotopic (exact) mass is 618 g/mol. The van der Waals surface area contributed by atoms with Gasteiger partial charge in [-0.15, -0.1) is 0 Å². The van der Waals surface area contributed by atoms with E-state index in [2.05, 4.69) is 5.32 Å². The third kappa shape index (κ3) is 5.46. The zero-order valence-electron chi connectivity index (χ0n) is 23.1. The highest BCUT2D eigenvalue weighted by Crippen LogP contribution is 2.61. The first-order chi connectivity index (χ1) is 19.4. The molecule has 11 heteroatoms. The maximum atomic E-state index is 13.8. The second-order valence-electron chi connectivity index (χ2n) is 12.8. The van der Waals surface area contributed by atoms with Gasteiger partial charge in [-0.25, -0.2) is 0 Å². The molecule has 8 nitrogen and oxygen atoms in total. The Bertz CT molecular complexity index is 1430. The zero-order valence-corrected chi connectivity index (χ0v) is 25.4. The first-order valence-electron chi connectivity index (χ1n) is 14.3. The number of rotatable bonds is 7. The summed E-state index contributed by atoms with van der Waals surface area (Å²) in [5.74, 6) is 0.538. The van der Waals surface area contributed by atoms with E-state index < -0.39 is 10.2 Å². The molecule has 4 aliphatic carbocycles. The van der Waals surface area contributed by atoms with Crippen molar-refractivity contribution >= 4 is 50.9 Å². The Balaban J connectivity index is 1.18. The lowest BCUT2D eigenvalue weighted by molar-refractivity contribution is -0.134. The average Bonchev–Trinajstić information content (AvgIpc) is 2.88. The largest absolute Gasteiger partial charge is 0.370 e. The van der Waals surface area contributed by atoms with Crippen molar-refractivity contribution in [3.63, 3.8) is 0 Å². The molecule has 2 aromatic carbocycles. The van der Waals surface area contributed by atoms with E-state index in [9.17, 15) is 18.0 Å². The van der Waals surface area contributed by atoms with Gasteiger partial charge in [-0.05, 0) is 84.5 Å². The van der Waals surface area contributed by atoms with Gasteiger partial charge in [-0.3, -0.25) is 13.9 Å². The molecule has 4 bridgehead atoms. The van der Waals surface area contributed by atoms with Crippen molar-refractivity contribution in [2.75, 3.05) is 23.9 Å². The number of hydrogen-bond acceptors (Lipinski definition) is 4. The lowest BCUT2D eigenvalue weighted by Gasteiger charge is -2.60. The van der Waals surface area contributed by atoms with E-state index in [0.717, 1.165) is 43.2 Å². The highest BCUT2D eigenvalue weighted by Gasteiger charge is 2.56. The first kappa shape index (κ1) is 28.8. The number of anilines is 1. The summed E-state index contributed by atoms with van der Waals surface area (Å²) in [7, 11) is -4.07. The van der Waals surface area contributed by atoms with Crippen LogP contribution in [-0.4, -0.2) is 50.2 Å². The molecule has 2 aromatic rings. The second-order valence-corrected chi connectivity index (χ2v) is 15.5. The molecule has 1 aliphatic heterocycles. The molecule has 5 aliphatic rings. The smallest absolute Gasteiger partial charge is 0.304 e. The number of hydrogen-bond donors (Lipinski definition) is 2. The van der Waals surface area contributed by atoms with Crippen LogP contribution in [0.5, 0.6) is 0 Å². The van der Waals surface area contributed by atoms with Crippen molar-refractivity contribution in [3.05, 3.63) is 52.5 Å². The number of halogens is 2. The van der Waals surface area contributed by atoms with Gasteiger partial charge in [0.15, 0.2) is 0 Å². The molecule has 220 valence electrons. The summed E-state index contributed by atoms with van der Waals surface area (Å²) in [6.07, 6.45) is 5.29. The highest BCUT2D eigenvalue weighted by molar-refractivity contribution is 7.90. The van der Waals surface area contributed by atoms with Crippen molar-refractivity contribution in [1.29, 1.82) is 0 Å². The Kier molecular flexibility index (Phi) is 7.54. The maximum absolute atomic E-state index is 13.8. The van der Waals surface area contributed by atoms with E-state index in [-0.39, 0.29) is 64.6 Å². The van der Waals surface area contributed by atoms with E-state index in [0.29, 0.717) is 24.2 Å². The molecule has 3 N–H and O–H groups in total. The van der Waals surface area contributed by atoms with Gasteiger partial charge in [0.1, 0.15) is 0 Å². The number of primary amides is 1. The quantitative estimate of drug-likeness (QED) is 0.462. The highest BCUT2D eigenvalue weighted by atomic mass is 35.5. The van der Waals surface area contributed by atoms with Crippen molar-refractivity contribution in [1.82, 2.24) is 9.62 Å². The standard InChI is InChI=1S/C30H36Cl2N4O4S/c1-18-15-35(17-27(38)34-28-22-7-19-8-23(28)13-30(11-19,12-22)14-26(33)37)41(39,40)36(16-18)29-24(31)9-21(10-25(29)32)20-5-3-2-4-6-20/h2-6,9-10,18-19,22-23,28H,7-8,11-17H2,1H3,(H2,33,37)(H,34,38). The fourth-order valence-corrected chi connectivity index (χ4v) is 11.0. The minimum absolute atomic E-state index is 0.00417. The van der Waals surface area contributed by atoms with Crippen LogP contribution in [0, 0.1) is 29.1 Å². The summed E-state index contributed by atoms with van der Waals surface area (Å²) in [5, 5.41) is 3.67. The summed E-state index contributed by atoms with van der Waals surface area (Å²) in [5.41, 5.74) is 7.48. The molecule has 0 spiro atoms. The molecule has 3 atom stereocenters. The van der Waals surface area contributed by atoms with Gasteiger partial charge in [-0.2, -0.15) is 12.7 Å². The van der Waals surface area contributed by atoms with Gasteiger partial charge in [0.05, 0.1) is 22.3 Å². The third-order valence-electron chi connectivity index (χ3n) is 9.57. The summed E-state index contributed by atoms with van der Waals surface area (Å²) in [6, 6.07) is 13.0. The van der Waals surface area contributed by atoms with Crippen molar-refractivity contribution in [2.24, 2.45) is 34.8 Å². The number of nitrogens with two attached hydrogens (primary N) is 1. The molecular formula is C30H36Cl2N4O4S. The zero-order chi connectivity index (χ0) is 29.1. The van der Waals surface area contributed by atoms with Crippen LogP contribution in [0.2, 0.25) is 10.0 Å². The minimum atomic E-state index is -4.07. The molecule has 4 saturated carbocycles. The van der Waals surface area contributed by atoms with Crippen LogP contribution in [0.15, 0.2) is 42.5 Å². The number of nitrogens with one attached hydrogen (secondary N) is 1. The van der Waals surface area contributed by atoms with Crippen molar-refractivity contribution < 1.29 is 18.0 Å². The molecule has 41 heavy (non-hydrogen) atoms. The van der Waals surface area contributed by atoms with Gasteiger partial charge in [0.2, 0.25) is 11.8 Å². The lowest BCUT2D eigenvalue weighted by Crippen LogP contribution is -2.61. The molecule has 0 radical (unpaired) electrons. The van der Waals surface area contributed by atoms with Crippen molar-refractivity contribution in [3.8, 4) is 11.1 Å². The van der Waals surface area contributed by atoms with Crippen LogP contribution in [0.25, 0.3) is 11.1 Å². The van der Waals surface area contributed by atoms with Crippen LogP contribution >= 0.6 is 23.2 Å². The van der Waals surface area contributed by atoms with Crippen LogP contribution in [-0.2, 0) is 19.8 Å². The number of nitrogens with zero attached hydrogens (tertiary/aromatic N) is 2. The fraction of sp³-hybridized carbons (Fsp3) is 0.533. The SMILES string of the molecule is CC1CN(CC(=O)NC2C3CC4CC2CC(CC(N)=O)(C4)C3)S(=O)(=O)N(c2c(Cl)cc(-c3ccccc3)cc2Cl)C1. The van der Waals surface area contributed by atoms with Crippen LogP contribution in [0.1, 0.15) is 45.4 Å². The molecule has 5 fully saturated rings. The number of amides is 2. The predicted molar refractivity (Wildman–Crippen MR) is 161 cm³/mol. The van der Waals surface area contributed by atoms with Crippen LogP contribution in [0.3, 0.4) is 0 Å². The number of carbonyl (C=O) groups is 2. The number of carbonyl (C=O) groups excluding carboxylic acids is 2. The van der Waals surface area contributed by atoms with Crippen LogP contribution in [0.4, 0.5) is 5.69 Å². The Labute approximate surface area is 251 Å². The minimum Gasteiger partial charge on any atom is -0.370 e. The van der Waals surface area contributed by atoms with Gasteiger partial charge in [0.25, 0.3) is 0 Å². The normalized spacial score (nSPS) is 32.2. The Morgan fingerprint density at radius 1 is 1.00 bits per heavy atom. The summed E-state index contributed by atoms with van der Waals surface area (Å²) in [4.78, 5) is 25.1. The second kappa shape index (κ2) is 10.7. The Hall–Kier alpha value is -2.33. The Morgan fingerprint density at radius 2 is 1.63 bits per heavy atom. The van der Waals surface area contributed by atoms with Gasteiger partial charge in [-0.1, -0.05) is 60.5 Å². The van der Waals surface area contributed by atoms with Crippen molar-refractivity contribution in [2.45, 2.75) is 51.5 Å². The van der Waals surface area contributed by atoms with Gasteiger partial charge < -0.3 is 11.1 Å². The summed E-state index contributed by atoms with van der Waals surface area (Å²) in [6.45, 7) is 2.11. The molecule has 1 saturated heterocycles. The number of benzene rings is 2. The molecule has 2 amide bonds. The molecule has 0 aromatic heterocycles. The van der Waals surface area contributed by atoms with Crippen LogP contribution < -0.4 is 15.4 Å². The van der Waals surface area contributed by atoms with Gasteiger partial charge >= 0.3 is 10.2 Å². The maximum Gasteiger partial charge on any atom is 0.304 e.